The summed E-state index contributed by atoms with van der Waals surface area (Å²) in [6.45, 7) is 4.88. The van der Waals surface area contributed by atoms with Crippen molar-refractivity contribution >= 4 is 11.9 Å². The summed E-state index contributed by atoms with van der Waals surface area (Å²) in [6, 6.07) is 12.8. The molecule has 0 aliphatic carbocycles. The van der Waals surface area contributed by atoms with Crippen LogP contribution in [0.1, 0.15) is 36.8 Å². The van der Waals surface area contributed by atoms with Gasteiger partial charge in [-0.15, -0.1) is 0 Å². The molecule has 1 aromatic heterocycles. The molecule has 0 spiro atoms. The first-order chi connectivity index (χ1) is 10.9. The van der Waals surface area contributed by atoms with Crippen molar-refractivity contribution in [1.29, 1.82) is 0 Å². The highest BCUT2D eigenvalue weighted by Gasteiger charge is 2.49. The maximum atomic E-state index is 12.5. The van der Waals surface area contributed by atoms with Crippen LogP contribution in [0.15, 0.2) is 46.9 Å². The van der Waals surface area contributed by atoms with Gasteiger partial charge in [-0.05, 0) is 24.6 Å². The highest BCUT2D eigenvalue weighted by molar-refractivity contribution is 5.98. The Balaban J connectivity index is 2.06. The van der Waals surface area contributed by atoms with Crippen LogP contribution in [0.5, 0.6) is 0 Å². The molecule has 120 valence electrons. The number of aryl methyl sites for hydroxylation is 1. The summed E-state index contributed by atoms with van der Waals surface area (Å²) in [7, 11) is 0. The normalized spacial score (nSPS) is 19.1. The van der Waals surface area contributed by atoms with Crippen molar-refractivity contribution in [3.63, 3.8) is 0 Å². The van der Waals surface area contributed by atoms with Crippen LogP contribution in [0.4, 0.5) is 0 Å². The third-order valence-electron chi connectivity index (χ3n) is 3.76. The zero-order chi connectivity index (χ0) is 16.6. The lowest BCUT2D eigenvalue weighted by molar-refractivity contribution is -0.240. The van der Waals surface area contributed by atoms with Gasteiger partial charge in [0.25, 0.3) is 5.79 Å². The number of rotatable bonds is 3. The van der Waals surface area contributed by atoms with Crippen LogP contribution in [-0.4, -0.2) is 17.7 Å². The summed E-state index contributed by atoms with van der Waals surface area (Å²) in [6.07, 6.45) is 0. The molecule has 1 aromatic carbocycles. The minimum absolute atomic E-state index is 0.535. The standard InChI is InChI=1S/C18H18O5/c1-11-9-10-13(21-11)14(12-7-5-4-6-8-12)15-16(19)22-18(2,3)23-17(15)20/h4-10,14-15H,1-3H3. The van der Waals surface area contributed by atoms with Gasteiger partial charge in [0.15, 0.2) is 5.92 Å². The maximum Gasteiger partial charge on any atom is 0.324 e. The second-order valence-electron chi connectivity index (χ2n) is 6.06. The number of hydrogen-bond acceptors (Lipinski definition) is 5. The van der Waals surface area contributed by atoms with Gasteiger partial charge in [-0.3, -0.25) is 9.59 Å². The highest BCUT2D eigenvalue weighted by Crippen LogP contribution is 2.38. The molecule has 0 N–H and O–H groups in total. The van der Waals surface area contributed by atoms with Crippen LogP contribution >= 0.6 is 0 Å². The molecular formula is C18H18O5. The van der Waals surface area contributed by atoms with Gasteiger partial charge >= 0.3 is 11.9 Å². The molecule has 0 radical (unpaired) electrons. The molecule has 1 fully saturated rings. The zero-order valence-electron chi connectivity index (χ0n) is 13.2. The topological polar surface area (TPSA) is 65.7 Å². The smallest absolute Gasteiger partial charge is 0.324 e. The molecule has 2 heterocycles. The van der Waals surface area contributed by atoms with Gasteiger partial charge in [0.05, 0.1) is 5.92 Å². The average molecular weight is 314 g/mol. The van der Waals surface area contributed by atoms with Crippen LogP contribution in [0.25, 0.3) is 0 Å². The minimum atomic E-state index is -1.25. The minimum Gasteiger partial charge on any atom is -0.466 e. The van der Waals surface area contributed by atoms with E-state index in [0.717, 1.165) is 5.56 Å². The first-order valence-corrected chi connectivity index (χ1v) is 7.44. The van der Waals surface area contributed by atoms with Crippen molar-refractivity contribution in [3.8, 4) is 0 Å². The van der Waals surface area contributed by atoms with Crippen LogP contribution in [0.3, 0.4) is 0 Å². The van der Waals surface area contributed by atoms with Crippen molar-refractivity contribution in [2.75, 3.05) is 0 Å². The summed E-state index contributed by atoms with van der Waals surface area (Å²) in [4.78, 5) is 24.9. The fraction of sp³-hybridized carbons (Fsp3) is 0.333. The number of cyclic esters (lactones) is 2. The predicted molar refractivity (Wildman–Crippen MR) is 81.5 cm³/mol. The molecular weight excluding hydrogens is 296 g/mol. The number of esters is 2. The molecule has 1 aliphatic heterocycles. The first kappa shape index (κ1) is 15.3. The van der Waals surface area contributed by atoms with E-state index in [1.165, 1.54) is 13.8 Å². The highest BCUT2D eigenvalue weighted by atomic mass is 16.7. The van der Waals surface area contributed by atoms with E-state index in [4.69, 9.17) is 13.9 Å². The summed E-state index contributed by atoms with van der Waals surface area (Å²) in [5.74, 6) is -2.88. The Kier molecular flexibility index (Phi) is 3.72. The molecule has 5 nitrogen and oxygen atoms in total. The molecule has 3 rings (SSSR count). The Bertz CT molecular complexity index is 709. The van der Waals surface area contributed by atoms with Gasteiger partial charge < -0.3 is 13.9 Å². The third kappa shape index (κ3) is 2.99. The summed E-state index contributed by atoms with van der Waals surface area (Å²) in [5.41, 5.74) is 0.792. The van der Waals surface area contributed by atoms with Gasteiger partial charge in [-0.25, -0.2) is 0 Å². The molecule has 1 aliphatic rings. The number of benzene rings is 1. The Morgan fingerprint density at radius 3 is 2.09 bits per heavy atom. The van der Waals surface area contributed by atoms with E-state index >= 15 is 0 Å². The van der Waals surface area contributed by atoms with E-state index in [1.54, 1.807) is 12.1 Å². The molecule has 1 unspecified atom stereocenters. The second kappa shape index (κ2) is 5.57. The fourth-order valence-electron chi connectivity index (χ4n) is 2.80. The quantitative estimate of drug-likeness (QED) is 0.643. The van der Waals surface area contributed by atoms with Gasteiger partial charge in [0.1, 0.15) is 11.5 Å². The largest absolute Gasteiger partial charge is 0.466 e. The van der Waals surface area contributed by atoms with Crippen molar-refractivity contribution < 1.29 is 23.5 Å². The second-order valence-corrected chi connectivity index (χ2v) is 6.06. The number of carbonyl (C=O) groups is 2. The van der Waals surface area contributed by atoms with Gasteiger partial charge in [-0.1, -0.05) is 30.3 Å². The number of carbonyl (C=O) groups excluding carboxylic acids is 2. The summed E-state index contributed by atoms with van der Waals surface area (Å²) in [5, 5.41) is 0. The Hall–Kier alpha value is -2.56. The molecule has 5 heteroatoms. The Labute approximate surface area is 134 Å². The summed E-state index contributed by atoms with van der Waals surface area (Å²) >= 11 is 0. The lowest BCUT2D eigenvalue weighted by atomic mass is 9.83. The predicted octanol–water partition coefficient (Wildman–Crippen LogP) is 3.17. The average Bonchev–Trinajstić information content (AvgIpc) is 2.89. The van der Waals surface area contributed by atoms with E-state index in [1.807, 2.05) is 37.3 Å². The van der Waals surface area contributed by atoms with Gasteiger partial charge in [-0.2, -0.15) is 0 Å². The van der Waals surface area contributed by atoms with E-state index in [9.17, 15) is 9.59 Å². The maximum absolute atomic E-state index is 12.5. The monoisotopic (exact) mass is 314 g/mol. The molecule has 2 aromatic rings. The van der Waals surface area contributed by atoms with Crippen LogP contribution in [-0.2, 0) is 19.1 Å². The first-order valence-electron chi connectivity index (χ1n) is 7.44. The van der Waals surface area contributed by atoms with Gasteiger partial charge in [0.2, 0.25) is 0 Å². The molecule has 1 saturated heterocycles. The number of hydrogen-bond donors (Lipinski definition) is 0. The van der Waals surface area contributed by atoms with Crippen LogP contribution in [0.2, 0.25) is 0 Å². The zero-order valence-corrected chi connectivity index (χ0v) is 13.2. The van der Waals surface area contributed by atoms with Crippen molar-refractivity contribution in [2.45, 2.75) is 32.5 Å². The lowest BCUT2D eigenvalue weighted by Gasteiger charge is -2.35. The van der Waals surface area contributed by atoms with Crippen LogP contribution < -0.4 is 0 Å². The number of furan rings is 1. The Morgan fingerprint density at radius 2 is 1.57 bits per heavy atom. The molecule has 0 bridgehead atoms. The van der Waals surface area contributed by atoms with E-state index in [-0.39, 0.29) is 0 Å². The lowest BCUT2D eigenvalue weighted by Crippen LogP contribution is -2.48. The third-order valence-corrected chi connectivity index (χ3v) is 3.76. The molecule has 1 atom stereocenters. The van der Waals surface area contributed by atoms with Crippen molar-refractivity contribution in [3.05, 3.63) is 59.5 Å². The van der Waals surface area contributed by atoms with Crippen molar-refractivity contribution in [2.24, 2.45) is 5.92 Å². The molecule has 0 saturated carbocycles. The number of ether oxygens (including phenoxy) is 2. The molecule has 23 heavy (non-hydrogen) atoms. The fourth-order valence-corrected chi connectivity index (χ4v) is 2.80. The molecule has 0 amide bonds. The van der Waals surface area contributed by atoms with E-state index in [0.29, 0.717) is 11.5 Å². The van der Waals surface area contributed by atoms with E-state index < -0.39 is 29.6 Å². The SMILES string of the molecule is Cc1ccc(C(c2ccccc2)C2C(=O)OC(C)(C)OC2=O)o1. The van der Waals surface area contributed by atoms with Crippen molar-refractivity contribution in [1.82, 2.24) is 0 Å². The van der Waals surface area contributed by atoms with Crippen LogP contribution in [0, 0.1) is 12.8 Å². The van der Waals surface area contributed by atoms with Gasteiger partial charge in [0, 0.05) is 13.8 Å². The Morgan fingerprint density at radius 1 is 0.957 bits per heavy atom. The summed E-state index contributed by atoms with van der Waals surface area (Å²) < 4.78 is 16.2. The van der Waals surface area contributed by atoms with E-state index in [2.05, 4.69) is 0 Å².